The van der Waals surface area contributed by atoms with E-state index in [0.29, 0.717) is 6.54 Å². The van der Waals surface area contributed by atoms with Crippen molar-refractivity contribution < 1.29 is 5.48 Å². The number of anilines is 1. The summed E-state index contributed by atoms with van der Waals surface area (Å²) < 4.78 is 1.74. The first-order valence-corrected chi connectivity index (χ1v) is 4.02. The van der Waals surface area contributed by atoms with Crippen molar-refractivity contribution in [2.45, 2.75) is 6.54 Å². The SMILES string of the molecule is Nc1ccccc1Cn1cncn1.O. The molecule has 0 saturated carbocycles. The largest absolute Gasteiger partial charge is 0.412 e. The number of aromatic nitrogens is 3. The maximum absolute atomic E-state index is 5.78. The lowest BCUT2D eigenvalue weighted by Crippen LogP contribution is -2.02. The van der Waals surface area contributed by atoms with Crippen LogP contribution in [0, 0.1) is 0 Å². The Morgan fingerprint density at radius 3 is 2.71 bits per heavy atom. The van der Waals surface area contributed by atoms with E-state index < -0.39 is 0 Å². The number of nitrogens with two attached hydrogens (primary N) is 1. The van der Waals surface area contributed by atoms with Crippen LogP contribution >= 0.6 is 0 Å². The molecule has 5 nitrogen and oxygen atoms in total. The molecule has 74 valence electrons. The van der Waals surface area contributed by atoms with Gasteiger partial charge in [0.25, 0.3) is 0 Å². The molecule has 5 heteroatoms. The van der Waals surface area contributed by atoms with Gasteiger partial charge in [0.1, 0.15) is 12.7 Å². The maximum atomic E-state index is 5.78. The highest BCUT2D eigenvalue weighted by molar-refractivity contribution is 5.46. The zero-order chi connectivity index (χ0) is 9.10. The van der Waals surface area contributed by atoms with E-state index in [0.717, 1.165) is 11.3 Å². The fraction of sp³-hybridized carbons (Fsp3) is 0.111. The Bertz CT molecular complexity index is 385. The first-order valence-electron chi connectivity index (χ1n) is 4.02. The van der Waals surface area contributed by atoms with Crippen LogP contribution in [0.2, 0.25) is 0 Å². The Kier molecular flexibility index (Phi) is 3.19. The summed E-state index contributed by atoms with van der Waals surface area (Å²) in [4.78, 5) is 3.86. The minimum absolute atomic E-state index is 0. The van der Waals surface area contributed by atoms with Crippen molar-refractivity contribution >= 4 is 5.69 Å². The molecular formula is C9H12N4O. The van der Waals surface area contributed by atoms with Gasteiger partial charge in [0.15, 0.2) is 0 Å². The smallest absolute Gasteiger partial charge is 0.137 e. The lowest BCUT2D eigenvalue weighted by Gasteiger charge is -2.03. The fourth-order valence-electron chi connectivity index (χ4n) is 1.17. The molecule has 2 aromatic rings. The van der Waals surface area contributed by atoms with E-state index in [2.05, 4.69) is 10.1 Å². The van der Waals surface area contributed by atoms with Crippen LogP contribution < -0.4 is 5.73 Å². The van der Waals surface area contributed by atoms with Gasteiger partial charge < -0.3 is 11.2 Å². The maximum Gasteiger partial charge on any atom is 0.137 e. The summed E-state index contributed by atoms with van der Waals surface area (Å²) in [5.74, 6) is 0. The second-order valence-electron chi connectivity index (χ2n) is 2.79. The predicted octanol–water partition coefficient (Wildman–Crippen LogP) is 0.0839. The quantitative estimate of drug-likeness (QED) is 0.683. The summed E-state index contributed by atoms with van der Waals surface area (Å²) >= 11 is 0. The molecule has 0 radical (unpaired) electrons. The second-order valence-corrected chi connectivity index (χ2v) is 2.79. The van der Waals surface area contributed by atoms with Crippen LogP contribution in [-0.4, -0.2) is 20.2 Å². The number of hydrogen-bond acceptors (Lipinski definition) is 3. The monoisotopic (exact) mass is 192 g/mol. The molecule has 1 heterocycles. The van der Waals surface area contributed by atoms with Crippen molar-refractivity contribution in [1.29, 1.82) is 0 Å². The zero-order valence-electron chi connectivity index (χ0n) is 7.59. The normalized spacial score (nSPS) is 9.43. The predicted molar refractivity (Wildman–Crippen MR) is 53.6 cm³/mol. The Morgan fingerprint density at radius 1 is 1.29 bits per heavy atom. The first-order chi connectivity index (χ1) is 6.36. The lowest BCUT2D eigenvalue weighted by molar-refractivity contribution is 0.686. The van der Waals surface area contributed by atoms with Crippen LogP contribution in [0.3, 0.4) is 0 Å². The molecular weight excluding hydrogens is 180 g/mol. The highest BCUT2D eigenvalue weighted by atomic mass is 16.0. The van der Waals surface area contributed by atoms with E-state index in [1.807, 2.05) is 24.3 Å². The van der Waals surface area contributed by atoms with Gasteiger partial charge in [0.2, 0.25) is 0 Å². The fourth-order valence-corrected chi connectivity index (χ4v) is 1.17. The molecule has 0 spiro atoms. The van der Waals surface area contributed by atoms with Gasteiger partial charge in [-0.25, -0.2) is 9.67 Å². The summed E-state index contributed by atoms with van der Waals surface area (Å²) in [6.45, 7) is 0.673. The summed E-state index contributed by atoms with van der Waals surface area (Å²) in [5, 5.41) is 4.00. The molecule has 0 fully saturated rings. The molecule has 0 aliphatic heterocycles. The summed E-state index contributed by atoms with van der Waals surface area (Å²) in [5.41, 5.74) is 7.63. The van der Waals surface area contributed by atoms with Crippen LogP contribution in [0.1, 0.15) is 5.56 Å². The molecule has 1 aromatic heterocycles. The molecule has 0 atom stereocenters. The average molecular weight is 192 g/mol. The number of benzene rings is 1. The molecule has 4 N–H and O–H groups in total. The molecule has 14 heavy (non-hydrogen) atoms. The van der Waals surface area contributed by atoms with Crippen LogP contribution in [0.15, 0.2) is 36.9 Å². The van der Waals surface area contributed by atoms with Gasteiger partial charge >= 0.3 is 0 Å². The Hall–Kier alpha value is -1.88. The minimum atomic E-state index is 0. The van der Waals surface area contributed by atoms with Crippen LogP contribution in [0.4, 0.5) is 5.69 Å². The summed E-state index contributed by atoms with van der Waals surface area (Å²) in [7, 11) is 0. The Balaban J connectivity index is 0.000000980. The standard InChI is InChI=1S/C9H10N4.H2O/c10-9-4-2-1-3-8(9)5-13-7-11-6-12-13;/h1-4,6-7H,5,10H2;1H2. The van der Waals surface area contributed by atoms with Crippen molar-refractivity contribution in [3.05, 3.63) is 42.5 Å². The van der Waals surface area contributed by atoms with E-state index in [1.165, 1.54) is 6.33 Å². The van der Waals surface area contributed by atoms with Crippen molar-refractivity contribution in [3.63, 3.8) is 0 Å². The minimum Gasteiger partial charge on any atom is -0.412 e. The van der Waals surface area contributed by atoms with Crippen molar-refractivity contribution in [2.75, 3.05) is 5.73 Å². The molecule has 0 bridgehead atoms. The molecule has 2 rings (SSSR count). The van der Waals surface area contributed by atoms with E-state index >= 15 is 0 Å². The van der Waals surface area contributed by atoms with Crippen molar-refractivity contribution in [2.24, 2.45) is 0 Å². The molecule has 0 aliphatic carbocycles. The first kappa shape index (κ1) is 10.2. The molecule has 0 saturated heterocycles. The van der Waals surface area contributed by atoms with E-state index in [1.54, 1.807) is 11.0 Å². The van der Waals surface area contributed by atoms with Gasteiger partial charge in [-0.2, -0.15) is 5.10 Å². The topological polar surface area (TPSA) is 88.2 Å². The number of nitrogens with zero attached hydrogens (tertiary/aromatic N) is 3. The van der Waals surface area contributed by atoms with Crippen molar-refractivity contribution in [1.82, 2.24) is 14.8 Å². The number of hydrogen-bond donors (Lipinski definition) is 1. The molecule has 0 amide bonds. The molecule has 0 aliphatic rings. The summed E-state index contributed by atoms with van der Waals surface area (Å²) in [6.07, 6.45) is 3.19. The van der Waals surface area contributed by atoms with Gasteiger partial charge in [-0.05, 0) is 11.6 Å². The third-order valence-electron chi connectivity index (χ3n) is 1.85. The van der Waals surface area contributed by atoms with Crippen molar-refractivity contribution in [3.8, 4) is 0 Å². The van der Waals surface area contributed by atoms with Crippen LogP contribution in [0.25, 0.3) is 0 Å². The van der Waals surface area contributed by atoms with Gasteiger partial charge in [-0.3, -0.25) is 0 Å². The van der Waals surface area contributed by atoms with Gasteiger partial charge in [0, 0.05) is 5.69 Å². The second kappa shape index (κ2) is 4.38. The number of para-hydroxylation sites is 1. The zero-order valence-corrected chi connectivity index (χ0v) is 7.59. The van der Waals surface area contributed by atoms with Crippen LogP contribution in [0.5, 0.6) is 0 Å². The van der Waals surface area contributed by atoms with E-state index in [4.69, 9.17) is 5.73 Å². The molecule has 1 aromatic carbocycles. The van der Waals surface area contributed by atoms with E-state index in [-0.39, 0.29) is 5.48 Å². The molecule has 0 unspecified atom stereocenters. The highest BCUT2D eigenvalue weighted by Crippen LogP contribution is 2.10. The van der Waals surface area contributed by atoms with Gasteiger partial charge in [-0.15, -0.1) is 0 Å². The Labute approximate surface area is 81.5 Å². The lowest BCUT2D eigenvalue weighted by atomic mass is 10.2. The number of rotatable bonds is 2. The Morgan fingerprint density at radius 2 is 2.07 bits per heavy atom. The summed E-state index contributed by atoms with van der Waals surface area (Å²) in [6, 6.07) is 7.74. The van der Waals surface area contributed by atoms with Gasteiger partial charge in [0.05, 0.1) is 6.54 Å². The average Bonchev–Trinajstić information content (AvgIpc) is 2.61. The van der Waals surface area contributed by atoms with Crippen LogP contribution in [-0.2, 0) is 6.54 Å². The van der Waals surface area contributed by atoms with E-state index in [9.17, 15) is 0 Å². The third kappa shape index (κ3) is 2.08. The highest BCUT2D eigenvalue weighted by Gasteiger charge is 1.98. The third-order valence-corrected chi connectivity index (χ3v) is 1.85. The van der Waals surface area contributed by atoms with Gasteiger partial charge in [-0.1, -0.05) is 18.2 Å². The number of nitrogen functional groups attached to an aromatic ring is 1.